The third-order valence-electron chi connectivity index (χ3n) is 3.15. The van der Waals surface area contributed by atoms with Crippen LogP contribution in [0.5, 0.6) is 0 Å². The fourth-order valence-electron chi connectivity index (χ4n) is 2.24. The molecule has 1 aromatic heterocycles. The van der Waals surface area contributed by atoms with Crippen LogP contribution in [-0.2, 0) is 0 Å². The van der Waals surface area contributed by atoms with E-state index in [0.29, 0.717) is 4.88 Å². The zero-order chi connectivity index (χ0) is 13.2. The molecule has 0 bridgehead atoms. The van der Waals surface area contributed by atoms with Crippen LogP contribution >= 0.6 is 11.3 Å². The summed E-state index contributed by atoms with van der Waals surface area (Å²) in [5.74, 6) is 0.0433. The van der Waals surface area contributed by atoms with Crippen molar-refractivity contribution in [3.05, 3.63) is 40.3 Å². The van der Waals surface area contributed by atoms with Gasteiger partial charge in [0, 0.05) is 13.1 Å². The number of nitrogens with one attached hydrogen (secondary N) is 1. The molecule has 2 aromatic rings. The Labute approximate surface area is 116 Å². The summed E-state index contributed by atoms with van der Waals surface area (Å²) in [6, 6.07) is 7.94. The molecule has 0 saturated heterocycles. The van der Waals surface area contributed by atoms with E-state index in [1.165, 1.54) is 11.3 Å². The number of rotatable bonds is 1. The molecule has 0 unspecified atom stereocenters. The summed E-state index contributed by atoms with van der Waals surface area (Å²) in [6.07, 6.45) is 2.61. The molecule has 1 aromatic carbocycles. The summed E-state index contributed by atoms with van der Waals surface area (Å²) in [4.78, 5) is 19.3. The van der Waals surface area contributed by atoms with Gasteiger partial charge in [-0.3, -0.25) is 4.79 Å². The van der Waals surface area contributed by atoms with Crippen molar-refractivity contribution in [2.45, 2.75) is 13.3 Å². The van der Waals surface area contributed by atoms with E-state index in [9.17, 15) is 4.79 Å². The number of thiazole rings is 1. The Morgan fingerprint density at radius 2 is 2.26 bits per heavy atom. The van der Waals surface area contributed by atoms with Crippen LogP contribution in [0.25, 0.3) is 0 Å². The van der Waals surface area contributed by atoms with Crippen molar-refractivity contribution in [1.82, 2.24) is 4.98 Å². The van der Waals surface area contributed by atoms with Crippen LogP contribution in [0.4, 0.5) is 11.4 Å². The van der Waals surface area contributed by atoms with E-state index in [2.05, 4.69) is 10.3 Å². The van der Waals surface area contributed by atoms with Crippen LogP contribution in [-0.4, -0.2) is 24.0 Å². The Morgan fingerprint density at radius 1 is 1.42 bits per heavy atom. The number of hydrogen-bond donors (Lipinski definition) is 1. The molecule has 1 amide bonds. The van der Waals surface area contributed by atoms with Crippen LogP contribution in [0.3, 0.4) is 0 Å². The number of aryl methyl sites for hydroxylation is 1. The maximum Gasteiger partial charge on any atom is 0.270 e. The van der Waals surface area contributed by atoms with Crippen molar-refractivity contribution in [1.29, 1.82) is 0 Å². The standard InChI is InChI=1S/C14H15N3OS/c1-10-16-9-13(19-10)14(18)17-8-4-7-15-11-5-2-3-6-12(11)17/h2-3,5-6,9,15H,4,7-8H2,1H3. The molecule has 1 aliphatic heterocycles. The van der Waals surface area contributed by atoms with E-state index < -0.39 is 0 Å². The largest absolute Gasteiger partial charge is 0.383 e. The number of carbonyl (C=O) groups excluding carboxylic acids is 1. The first-order chi connectivity index (χ1) is 9.25. The van der Waals surface area contributed by atoms with Gasteiger partial charge in [-0.25, -0.2) is 4.98 Å². The van der Waals surface area contributed by atoms with Gasteiger partial charge in [0.25, 0.3) is 5.91 Å². The van der Waals surface area contributed by atoms with Crippen molar-refractivity contribution in [2.24, 2.45) is 0 Å². The minimum Gasteiger partial charge on any atom is -0.383 e. The molecule has 0 saturated carbocycles. The highest BCUT2D eigenvalue weighted by Crippen LogP contribution is 2.30. The van der Waals surface area contributed by atoms with Crippen molar-refractivity contribution >= 4 is 28.6 Å². The van der Waals surface area contributed by atoms with Gasteiger partial charge in [-0.15, -0.1) is 11.3 Å². The third-order valence-corrected chi connectivity index (χ3v) is 4.05. The Morgan fingerprint density at radius 3 is 3.05 bits per heavy atom. The number of nitrogens with zero attached hydrogens (tertiary/aromatic N) is 2. The van der Waals surface area contributed by atoms with Gasteiger partial charge in [0.1, 0.15) is 4.88 Å². The molecule has 3 rings (SSSR count). The summed E-state index contributed by atoms with van der Waals surface area (Å²) >= 11 is 1.45. The summed E-state index contributed by atoms with van der Waals surface area (Å²) in [6.45, 7) is 3.54. The molecule has 5 heteroatoms. The van der Waals surface area contributed by atoms with Crippen molar-refractivity contribution in [2.75, 3.05) is 23.3 Å². The van der Waals surface area contributed by atoms with Gasteiger partial charge in [0.05, 0.1) is 22.6 Å². The van der Waals surface area contributed by atoms with Gasteiger partial charge in [-0.2, -0.15) is 0 Å². The first-order valence-corrected chi connectivity index (χ1v) is 7.14. The summed E-state index contributed by atoms with van der Waals surface area (Å²) in [7, 11) is 0. The maximum absolute atomic E-state index is 12.6. The monoisotopic (exact) mass is 273 g/mol. The van der Waals surface area contributed by atoms with Gasteiger partial charge in [-0.05, 0) is 25.5 Å². The second-order valence-electron chi connectivity index (χ2n) is 4.50. The number of anilines is 2. The summed E-state index contributed by atoms with van der Waals surface area (Å²) in [5, 5.41) is 4.28. The number of carbonyl (C=O) groups is 1. The summed E-state index contributed by atoms with van der Waals surface area (Å²) < 4.78 is 0. The molecule has 0 spiro atoms. The van der Waals surface area contributed by atoms with Gasteiger partial charge >= 0.3 is 0 Å². The fraction of sp³-hybridized carbons (Fsp3) is 0.286. The van der Waals surface area contributed by atoms with Crippen LogP contribution in [0.2, 0.25) is 0 Å². The zero-order valence-electron chi connectivity index (χ0n) is 10.7. The molecule has 98 valence electrons. The molecule has 0 radical (unpaired) electrons. The van der Waals surface area contributed by atoms with Crippen LogP contribution in [0.15, 0.2) is 30.5 Å². The maximum atomic E-state index is 12.6. The molecule has 2 heterocycles. The lowest BCUT2D eigenvalue weighted by atomic mass is 10.2. The van der Waals surface area contributed by atoms with Crippen molar-refractivity contribution in [3.8, 4) is 0 Å². The third kappa shape index (κ3) is 2.33. The molecular formula is C14H15N3OS. The number of fused-ring (bicyclic) bond motifs is 1. The van der Waals surface area contributed by atoms with Gasteiger partial charge in [0.15, 0.2) is 0 Å². The molecule has 1 N–H and O–H groups in total. The predicted octanol–water partition coefficient (Wildman–Crippen LogP) is 2.91. The average molecular weight is 273 g/mol. The lowest BCUT2D eigenvalue weighted by Gasteiger charge is -2.21. The number of para-hydroxylation sites is 2. The normalized spacial score (nSPS) is 14.5. The van der Waals surface area contributed by atoms with E-state index >= 15 is 0 Å². The molecule has 19 heavy (non-hydrogen) atoms. The molecule has 0 fully saturated rings. The Kier molecular flexibility index (Phi) is 3.21. The lowest BCUT2D eigenvalue weighted by Crippen LogP contribution is -2.30. The fourth-order valence-corrected chi connectivity index (χ4v) is 2.97. The predicted molar refractivity (Wildman–Crippen MR) is 78.1 cm³/mol. The smallest absolute Gasteiger partial charge is 0.270 e. The Hall–Kier alpha value is -1.88. The highest BCUT2D eigenvalue weighted by molar-refractivity contribution is 7.13. The van der Waals surface area contributed by atoms with Gasteiger partial charge < -0.3 is 10.2 Å². The van der Waals surface area contributed by atoms with Crippen LogP contribution in [0.1, 0.15) is 21.1 Å². The number of aromatic nitrogens is 1. The lowest BCUT2D eigenvalue weighted by molar-refractivity contribution is 0.0991. The van der Waals surface area contributed by atoms with Crippen molar-refractivity contribution < 1.29 is 4.79 Å². The molecule has 1 aliphatic rings. The van der Waals surface area contributed by atoms with E-state index in [0.717, 1.165) is 35.9 Å². The van der Waals surface area contributed by atoms with E-state index in [1.54, 1.807) is 6.20 Å². The quantitative estimate of drug-likeness (QED) is 0.869. The van der Waals surface area contributed by atoms with Crippen molar-refractivity contribution in [3.63, 3.8) is 0 Å². The first-order valence-electron chi connectivity index (χ1n) is 6.33. The number of amides is 1. The van der Waals surface area contributed by atoms with E-state index in [-0.39, 0.29) is 5.91 Å². The number of hydrogen-bond acceptors (Lipinski definition) is 4. The number of benzene rings is 1. The van der Waals surface area contributed by atoms with Gasteiger partial charge in [-0.1, -0.05) is 12.1 Å². The van der Waals surface area contributed by atoms with Crippen LogP contribution in [0, 0.1) is 6.92 Å². The summed E-state index contributed by atoms with van der Waals surface area (Å²) in [5.41, 5.74) is 1.98. The second kappa shape index (κ2) is 5.01. The Bertz CT molecular complexity index is 608. The minimum atomic E-state index is 0.0433. The van der Waals surface area contributed by atoms with E-state index in [1.807, 2.05) is 36.1 Å². The van der Waals surface area contributed by atoms with E-state index in [4.69, 9.17) is 0 Å². The van der Waals surface area contributed by atoms with Crippen LogP contribution < -0.4 is 10.2 Å². The highest BCUT2D eigenvalue weighted by Gasteiger charge is 2.23. The zero-order valence-corrected chi connectivity index (χ0v) is 11.5. The second-order valence-corrected chi connectivity index (χ2v) is 5.73. The molecular weight excluding hydrogens is 258 g/mol. The van der Waals surface area contributed by atoms with Gasteiger partial charge in [0.2, 0.25) is 0 Å². The topological polar surface area (TPSA) is 45.2 Å². The highest BCUT2D eigenvalue weighted by atomic mass is 32.1. The minimum absolute atomic E-state index is 0.0433. The molecule has 4 nitrogen and oxygen atoms in total. The first kappa shape index (κ1) is 12.2. The molecule has 0 atom stereocenters. The Balaban J connectivity index is 1.98. The average Bonchev–Trinajstić information content (AvgIpc) is 2.74. The molecule has 0 aliphatic carbocycles. The SMILES string of the molecule is Cc1ncc(C(=O)N2CCCNc3ccccc32)s1.